The van der Waals surface area contributed by atoms with E-state index in [1.165, 1.54) is 0 Å². The first-order chi connectivity index (χ1) is 12.6. The van der Waals surface area contributed by atoms with Crippen molar-refractivity contribution in [2.45, 2.75) is 58.6 Å². The van der Waals surface area contributed by atoms with Crippen molar-refractivity contribution in [3.63, 3.8) is 0 Å². The number of alkyl carbamates (subject to hydrolysis) is 1. The Morgan fingerprint density at radius 3 is 2.63 bits per heavy atom. The molecule has 0 aromatic heterocycles. The zero-order valence-corrected chi connectivity index (χ0v) is 17.9. The van der Waals surface area contributed by atoms with E-state index in [9.17, 15) is 9.59 Å². The lowest BCUT2D eigenvalue weighted by molar-refractivity contribution is -0.120. The average molecular weight is 438 g/mol. The highest BCUT2D eigenvalue weighted by molar-refractivity contribution is 9.10. The maximum Gasteiger partial charge on any atom is 0.408 e. The number of amides is 2. The number of nitrogens with two attached hydrogens (primary N) is 1. The van der Waals surface area contributed by atoms with E-state index in [0.29, 0.717) is 37.2 Å². The topological polar surface area (TPSA) is 84.7 Å². The van der Waals surface area contributed by atoms with Crippen molar-refractivity contribution in [2.24, 2.45) is 0 Å². The number of nitrogens with one attached hydrogen (secondary N) is 1. The number of ether oxygens (including phenoxy) is 1. The Balaban J connectivity index is 3.07. The number of hydrogen-bond donors (Lipinski definition) is 2. The number of hydrogen-bond acceptors (Lipinski definition) is 4. The Hall–Kier alpha value is -2.20. The molecule has 2 amide bonds. The Bertz CT molecular complexity index is 707. The molecule has 3 N–H and O–H groups in total. The number of carbonyl (C=O) groups excluding carboxylic acids is 2. The summed E-state index contributed by atoms with van der Waals surface area (Å²) in [5, 5.41) is 2.65. The van der Waals surface area contributed by atoms with Gasteiger partial charge in [-0.1, -0.05) is 22.9 Å². The Morgan fingerprint density at radius 2 is 2.07 bits per heavy atom. The molecule has 0 radical (unpaired) electrons. The highest BCUT2D eigenvalue weighted by Gasteiger charge is 2.28. The molecule has 1 aromatic carbocycles. The third-order valence-corrected chi connectivity index (χ3v) is 4.14. The lowest BCUT2D eigenvalue weighted by Crippen LogP contribution is -2.50. The van der Waals surface area contributed by atoms with Gasteiger partial charge in [-0.25, -0.2) is 4.79 Å². The summed E-state index contributed by atoms with van der Waals surface area (Å²) in [4.78, 5) is 26.8. The van der Waals surface area contributed by atoms with Crippen molar-refractivity contribution in [1.29, 1.82) is 0 Å². The third kappa shape index (κ3) is 7.51. The maximum absolute atomic E-state index is 13.2. The van der Waals surface area contributed by atoms with Crippen LogP contribution in [0.2, 0.25) is 0 Å². The molecule has 0 bridgehead atoms. The summed E-state index contributed by atoms with van der Waals surface area (Å²) < 4.78 is 6.07. The molecular formula is C20H28BrN3O3. The van der Waals surface area contributed by atoms with Gasteiger partial charge in [-0.05, 0) is 51.8 Å². The van der Waals surface area contributed by atoms with Crippen molar-refractivity contribution >= 4 is 39.3 Å². The third-order valence-electron chi connectivity index (χ3n) is 3.65. The molecule has 0 aliphatic rings. The molecule has 1 aromatic rings. The van der Waals surface area contributed by atoms with Crippen LogP contribution in [0, 0.1) is 12.3 Å². The van der Waals surface area contributed by atoms with E-state index in [1.54, 1.807) is 43.9 Å². The Kier molecular flexibility index (Phi) is 8.64. The molecule has 0 saturated heterocycles. The minimum absolute atomic E-state index is 0.259. The standard InChI is InChI=1S/C20H28BrN3O3/c1-6-8-9-12-24(17-13-14(21)10-11-15(17)22)18(25)16(7-2)23-19(26)27-20(3,4)5/h1,10-11,13,16H,7-9,12,22H2,2-5H3,(H,23,26). The Labute approximate surface area is 169 Å². The molecule has 148 valence electrons. The highest BCUT2D eigenvalue weighted by Crippen LogP contribution is 2.28. The SMILES string of the molecule is C#CCCCN(C(=O)C(CC)NC(=O)OC(C)(C)C)c1cc(Br)ccc1N. The van der Waals surface area contributed by atoms with Gasteiger partial charge in [0.15, 0.2) is 0 Å². The number of nitrogens with zero attached hydrogens (tertiary/aromatic N) is 1. The van der Waals surface area contributed by atoms with Crippen LogP contribution in [-0.4, -0.2) is 30.2 Å². The quantitative estimate of drug-likeness (QED) is 0.382. The molecule has 0 spiro atoms. The average Bonchev–Trinajstić information content (AvgIpc) is 2.57. The number of rotatable bonds is 7. The van der Waals surface area contributed by atoms with Crippen LogP contribution in [0.5, 0.6) is 0 Å². The van der Waals surface area contributed by atoms with Gasteiger partial charge in [0, 0.05) is 17.4 Å². The van der Waals surface area contributed by atoms with Gasteiger partial charge in [-0.3, -0.25) is 4.79 Å². The molecule has 27 heavy (non-hydrogen) atoms. The van der Waals surface area contributed by atoms with Crippen molar-refractivity contribution in [1.82, 2.24) is 5.32 Å². The van der Waals surface area contributed by atoms with Crippen LogP contribution >= 0.6 is 15.9 Å². The summed E-state index contributed by atoms with van der Waals surface area (Å²) in [6.07, 6.45) is 6.28. The molecule has 0 saturated carbocycles. The summed E-state index contributed by atoms with van der Waals surface area (Å²) >= 11 is 3.41. The number of benzene rings is 1. The van der Waals surface area contributed by atoms with Crippen LogP contribution in [-0.2, 0) is 9.53 Å². The fraction of sp³-hybridized carbons (Fsp3) is 0.500. The highest BCUT2D eigenvalue weighted by atomic mass is 79.9. The Morgan fingerprint density at radius 1 is 1.41 bits per heavy atom. The van der Waals surface area contributed by atoms with E-state index in [1.807, 2.05) is 6.92 Å². The summed E-state index contributed by atoms with van der Waals surface area (Å²) in [5.74, 6) is 2.31. The molecule has 0 heterocycles. The minimum Gasteiger partial charge on any atom is -0.444 e. The largest absolute Gasteiger partial charge is 0.444 e. The zero-order chi connectivity index (χ0) is 20.6. The first-order valence-corrected chi connectivity index (χ1v) is 9.67. The number of carbonyl (C=O) groups is 2. The van der Waals surface area contributed by atoms with Crippen LogP contribution in [0.3, 0.4) is 0 Å². The van der Waals surface area contributed by atoms with Crippen LogP contribution < -0.4 is 16.0 Å². The maximum atomic E-state index is 13.2. The van der Waals surface area contributed by atoms with E-state index >= 15 is 0 Å². The second-order valence-corrected chi connectivity index (χ2v) is 8.02. The number of halogens is 1. The summed E-state index contributed by atoms with van der Waals surface area (Å²) in [6.45, 7) is 7.52. The van der Waals surface area contributed by atoms with Crippen molar-refractivity contribution < 1.29 is 14.3 Å². The molecule has 1 unspecified atom stereocenters. The first kappa shape index (κ1) is 22.8. The molecule has 1 rings (SSSR count). The van der Waals surface area contributed by atoms with Crippen molar-refractivity contribution in [3.05, 3.63) is 22.7 Å². The molecule has 6 nitrogen and oxygen atoms in total. The van der Waals surface area contributed by atoms with Crippen LogP contribution in [0.4, 0.5) is 16.2 Å². The van der Waals surface area contributed by atoms with Gasteiger partial charge in [0.2, 0.25) is 5.91 Å². The number of terminal acetylenes is 1. The summed E-state index contributed by atoms with van der Waals surface area (Å²) in [7, 11) is 0. The van der Waals surface area contributed by atoms with Gasteiger partial charge >= 0.3 is 6.09 Å². The van der Waals surface area contributed by atoms with Crippen LogP contribution in [0.1, 0.15) is 47.0 Å². The smallest absolute Gasteiger partial charge is 0.408 e. The van der Waals surface area contributed by atoms with E-state index in [4.69, 9.17) is 16.9 Å². The van der Waals surface area contributed by atoms with E-state index < -0.39 is 17.7 Å². The molecule has 1 atom stereocenters. The fourth-order valence-corrected chi connectivity index (χ4v) is 2.76. The second kappa shape index (κ2) is 10.2. The second-order valence-electron chi connectivity index (χ2n) is 7.11. The van der Waals surface area contributed by atoms with Gasteiger partial charge in [0.1, 0.15) is 11.6 Å². The molecule has 0 fully saturated rings. The van der Waals surface area contributed by atoms with Crippen molar-refractivity contribution in [3.8, 4) is 12.3 Å². The zero-order valence-electron chi connectivity index (χ0n) is 16.3. The van der Waals surface area contributed by atoms with Crippen LogP contribution in [0.25, 0.3) is 0 Å². The van der Waals surface area contributed by atoms with E-state index in [0.717, 1.165) is 4.47 Å². The van der Waals surface area contributed by atoms with Crippen molar-refractivity contribution in [2.75, 3.05) is 17.2 Å². The monoisotopic (exact) mass is 437 g/mol. The molecule has 7 heteroatoms. The molecule has 0 aliphatic carbocycles. The minimum atomic E-state index is -0.732. The number of nitrogen functional groups attached to an aromatic ring is 1. The summed E-state index contributed by atoms with van der Waals surface area (Å²) in [5.41, 5.74) is 6.50. The first-order valence-electron chi connectivity index (χ1n) is 8.88. The van der Waals surface area contributed by atoms with Gasteiger partial charge in [-0.2, -0.15) is 0 Å². The number of unbranched alkanes of at least 4 members (excludes halogenated alkanes) is 1. The van der Waals surface area contributed by atoms with Gasteiger partial charge < -0.3 is 20.7 Å². The predicted molar refractivity (Wildman–Crippen MR) is 112 cm³/mol. The lowest BCUT2D eigenvalue weighted by atomic mass is 10.1. The number of anilines is 2. The fourth-order valence-electron chi connectivity index (χ4n) is 2.42. The predicted octanol–water partition coefficient (Wildman–Crippen LogP) is 4.08. The molecule has 0 aliphatic heterocycles. The van der Waals surface area contributed by atoms with E-state index in [-0.39, 0.29) is 5.91 Å². The summed E-state index contributed by atoms with van der Waals surface area (Å²) in [6, 6.07) is 4.58. The molecular weight excluding hydrogens is 410 g/mol. The van der Waals surface area contributed by atoms with E-state index in [2.05, 4.69) is 27.2 Å². The normalized spacial score (nSPS) is 12.0. The van der Waals surface area contributed by atoms with Crippen LogP contribution in [0.15, 0.2) is 22.7 Å². The van der Waals surface area contributed by atoms with Gasteiger partial charge in [0.25, 0.3) is 0 Å². The van der Waals surface area contributed by atoms with Gasteiger partial charge in [0.05, 0.1) is 11.4 Å². The lowest BCUT2D eigenvalue weighted by Gasteiger charge is -2.29. The van der Waals surface area contributed by atoms with Gasteiger partial charge in [-0.15, -0.1) is 12.3 Å².